The zero-order valence-electron chi connectivity index (χ0n) is 24.5. The van der Waals surface area contributed by atoms with E-state index in [1.807, 2.05) is 41.0 Å². The fraction of sp³-hybridized carbons (Fsp3) is 0.452. The molecule has 2 aromatic carbocycles. The normalized spacial score (nSPS) is 19.5. The van der Waals surface area contributed by atoms with Crippen LogP contribution >= 0.6 is 0 Å². The number of ether oxygens (including phenoxy) is 1. The summed E-state index contributed by atoms with van der Waals surface area (Å²) in [5.74, 6) is -0.249. The number of benzene rings is 2. The van der Waals surface area contributed by atoms with Crippen molar-refractivity contribution in [1.29, 1.82) is 0 Å². The number of amides is 4. The lowest BCUT2D eigenvalue weighted by atomic mass is 10.0. The molecule has 1 aliphatic heterocycles. The van der Waals surface area contributed by atoms with Crippen molar-refractivity contribution in [2.75, 3.05) is 33.8 Å². The second kappa shape index (κ2) is 14.5. The summed E-state index contributed by atoms with van der Waals surface area (Å²) in [4.78, 5) is 60.1. The summed E-state index contributed by atoms with van der Waals surface area (Å²) < 4.78 is 7.19. The number of nitrogens with zero attached hydrogens (tertiary/aromatic N) is 4. The topological polar surface area (TPSA) is 126 Å². The Hall–Kier alpha value is -4.41. The van der Waals surface area contributed by atoms with E-state index in [1.54, 1.807) is 44.4 Å². The Morgan fingerprint density at radius 2 is 1.79 bits per heavy atom. The van der Waals surface area contributed by atoms with E-state index in [9.17, 15) is 19.2 Å². The molecule has 42 heavy (non-hydrogen) atoms. The Morgan fingerprint density at radius 3 is 2.55 bits per heavy atom. The number of hydrogen-bond acceptors (Lipinski definition) is 6. The summed E-state index contributed by atoms with van der Waals surface area (Å²) in [6.07, 6.45) is 3.47. The number of rotatable bonds is 6. The molecule has 2 atom stereocenters. The molecule has 2 heterocycles. The molecule has 0 aliphatic carbocycles. The van der Waals surface area contributed by atoms with Crippen molar-refractivity contribution in [3.63, 3.8) is 0 Å². The number of likely N-dealkylation sites (N-methyl/N-ethyl adjacent to an activating group) is 1. The minimum absolute atomic E-state index is 0.0236. The van der Waals surface area contributed by atoms with E-state index in [0.29, 0.717) is 51.2 Å². The van der Waals surface area contributed by atoms with Gasteiger partial charge in [-0.25, -0.2) is 4.98 Å². The first-order valence-corrected chi connectivity index (χ1v) is 14.4. The number of aryl methyl sites for hydroxylation is 1. The summed E-state index contributed by atoms with van der Waals surface area (Å²) in [6.45, 7) is 3.37. The summed E-state index contributed by atoms with van der Waals surface area (Å²) in [5, 5.41) is 5.77. The minimum atomic E-state index is -0.848. The summed E-state index contributed by atoms with van der Waals surface area (Å²) in [5.41, 5.74) is 2.70. The van der Waals surface area contributed by atoms with E-state index >= 15 is 0 Å². The molecule has 1 fully saturated rings. The van der Waals surface area contributed by atoms with Gasteiger partial charge in [-0.1, -0.05) is 24.3 Å². The summed E-state index contributed by atoms with van der Waals surface area (Å²) >= 11 is 0. The van der Waals surface area contributed by atoms with Gasteiger partial charge in [0.2, 0.25) is 23.6 Å². The van der Waals surface area contributed by atoms with Gasteiger partial charge in [0.25, 0.3) is 0 Å². The van der Waals surface area contributed by atoms with Gasteiger partial charge in [-0.2, -0.15) is 0 Å². The molecule has 11 nitrogen and oxygen atoms in total. The predicted molar refractivity (Wildman–Crippen MR) is 159 cm³/mol. The highest BCUT2D eigenvalue weighted by Gasteiger charge is 2.30. The van der Waals surface area contributed by atoms with Crippen molar-refractivity contribution in [1.82, 2.24) is 30.0 Å². The maximum Gasteiger partial charge on any atom is 0.245 e. The second-order valence-electron chi connectivity index (χ2n) is 10.6. The molecule has 1 aromatic heterocycles. The maximum absolute atomic E-state index is 13.5. The molecule has 0 radical (unpaired) electrons. The molecule has 11 heteroatoms. The average molecular weight is 577 g/mol. The number of carbonyl (C=O) groups excluding carboxylic acids is 4. The van der Waals surface area contributed by atoms with Gasteiger partial charge < -0.3 is 29.7 Å². The van der Waals surface area contributed by atoms with Crippen LogP contribution < -0.4 is 15.4 Å². The standard InChI is InChI=1S/C31H40N6O5/c1-22-30(40)32-16-7-18-36(29(39)15-19-37-21-33-25-8-4-5-9-27(25)37)17-6-10-28(38)34-26(31(41)35(22)2)20-23-11-13-24(42-3)14-12-23/h4-5,8-9,11-14,21-22,26H,6-7,10,15-20H2,1-3H3,(H,32,40)(H,34,38)/t22-,26-/m0/s1. The highest BCUT2D eigenvalue weighted by atomic mass is 16.5. The third-order valence-electron chi connectivity index (χ3n) is 7.72. The zero-order valence-corrected chi connectivity index (χ0v) is 24.5. The first-order chi connectivity index (χ1) is 20.3. The molecule has 4 amide bonds. The lowest BCUT2D eigenvalue weighted by Crippen LogP contribution is -2.54. The van der Waals surface area contributed by atoms with Crippen molar-refractivity contribution in [2.24, 2.45) is 0 Å². The van der Waals surface area contributed by atoms with Crippen LogP contribution in [0.25, 0.3) is 11.0 Å². The van der Waals surface area contributed by atoms with E-state index in [1.165, 1.54) is 4.90 Å². The van der Waals surface area contributed by atoms with Gasteiger partial charge in [0, 0.05) is 52.5 Å². The van der Waals surface area contributed by atoms with E-state index < -0.39 is 12.1 Å². The van der Waals surface area contributed by atoms with E-state index in [2.05, 4.69) is 15.6 Å². The number of para-hydroxylation sites is 2. The van der Waals surface area contributed by atoms with Crippen molar-refractivity contribution in [3.05, 3.63) is 60.4 Å². The Balaban J connectivity index is 1.44. The monoisotopic (exact) mass is 576 g/mol. The van der Waals surface area contributed by atoms with Crippen LogP contribution in [0.15, 0.2) is 54.9 Å². The highest BCUT2D eigenvalue weighted by molar-refractivity contribution is 5.92. The number of nitrogens with one attached hydrogen (secondary N) is 2. The van der Waals surface area contributed by atoms with Gasteiger partial charge in [0.15, 0.2) is 0 Å². The number of hydrogen-bond donors (Lipinski definition) is 2. The molecule has 224 valence electrons. The van der Waals surface area contributed by atoms with E-state index in [0.717, 1.165) is 16.6 Å². The number of imidazole rings is 1. The van der Waals surface area contributed by atoms with Crippen molar-refractivity contribution >= 4 is 34.7 Å². The van der Waals surface area contributed by atoms with Crippen LogP contribution in [0, 0.1) is 0 Å². The van der Waals surface area contributed by atoms with E-state index in [4.69, 9.17) is 4.74 Å². The van der Waals surface area contributed by atoms with E-state index in [-0.39, 0.29) is 36.5 Å². The van der Waals surface area contributed by atoms with Crippen molar-refractivity contribution < 1.29 is 23.9 Å². The highest BCUT2D eigenvalue weighted by Crippen LogP contribution is 2.15. The maximum atomic E-state index is 13.5. The number of methoxy groups -OCH3 is 1. The SMILES string of the molecule is COc1ccc(C[C@@H]2NC(=O)CCCN(C(=O)CCn3cnc4ccccc43)CCCNC(=O)[C@H](C)N(C)C2=O)cc1. The van der Waals surface area contributed by atoms with Gasteiger partial charge in [-0.3, -0.25) is 19.2 Å². The van der Waals surface area contributed by atoms with Gasteiger partial charge in [0.05, 0.1) is 24.5 Å². The van der Waals surface area contributed by atoms with Crippen LogP contribution in [-0.4, -0.2) is 88.9 Å². The predicted octanol–water partition coefficient (Wildman–Crippen LogP) is 2.14. The first kappa shape index (κ1) is 30.5. The summed E-state index contributed by atoms with van der Waals surface area (Å²) in [7, 11) is 3.15. The third-order valence-corrected chi connectivity index (χ3v) is 7.72. The third kappa shape index (κ3) is 7.86. The molecule has 0 saturated carbocycles. The average Bonchev–Trinajstić information content (AvgIpc) is 3.42. The minimum Gasteiger partial charge on any atom is -0.497 e. The lowest BCUT2D eigenvalue weighted by Gasteiger charge is -2.29. The van der Waals surface area contributed by atoms with Gasteiger partial charge in [0.1, 0.15) is 17.8 Å². The van der Waals surface area contributed by atoms with Gasteiger partial charge in [-0.05, 0) is 49.6 Å². The molecule has 4 rings (SSSR count). The molecule has 3 aromatic rings. The second-order valence-corrected chi connectivity index (χ2v) is 10.6. The molecular formula is C31H40N6O5. The number of carbonyl (C=O) groups is 4. The van der Waals surface area contributed by atoms with Gasteiger partial charge in [-0.15, -0.1) is 0 Å². The van der Waals surface area contributed by atoms with Crippen LogP contribution in [0.4, 0.5) is 0 Å². The fourth-order valence-corrected chi connectivity index (χ4v) is 5.06. The molecule has 1 saturated heterocycles. The van der Waals surface area contributed by atoms with Crippen LogP contribution in [0.3, 0.4) is 0 Å². The number of aromatic nitrogens is 2. The number of fused-ring (bicyclic) bond motifs is 1. The Bertz CT molecular complexity index is 1390. The largest absolute Gasteiger partial charge is 0.497 e. The lowest BCUT2D eigenvalue weighted by molar-refractivity contribution is -0.141. The zero-order chi connectivity index (χ0) is 30.1. The molecule has 0 unspecified atom stereocenters. The molecule has 1 aliphatic rings. The molecular weight excluding hydrogens is 536 g/mol. The van der Waals surface area contributed by atoms with Crippen LogP contribution in [-0.2, 0) is 32.1 Å². The van der Waals surface area contributed by atoms with Crippen molar-refractivity contribution in [2.45, 2.75) is 57.7 Å². The Labute approximate surface area is 246 Å². The van der Waals surface area contributed by atoms with Crippen molar-refractivity contribution in [3.8, 4) is 5.75 Å². The van der Waals surface area contributed by atoms with Crippen LogP contribution in [0.2, 0.25) is 0 Å². The van der Waals surface area contributed by atoms with Crippen LogP contribution in [0.5, 0.6) is 5.75 Å². The van der Waals surface area contributed by atoms with Gasteiger partial charge >= 0.3 is 0 Å². The quantitative estimate of drug-likeness (QED) is 0.463. The first-order valence-electron chi connectivity index (χ1n) is 14.4. The van der Waals surface area contributed by atoms with Crippen LogP contribution in [0.1, 0.15) is 38.2 Å². The summed E-state index contributed by atoms with van der Waals surface area (Å²) in [6, 6.07) is 13.5. The Morgan fingerprint density at radius 1 is 1.05 bits per heavy atom. The fourth-order valence-electron chi connectivity index (χ4n) is 5.06. The Kier molecular flexibility index (Phi) is 10.5. The molecule has 2 N–H and O–H groups in total. The molecule has 0 spiro atoms. The molecule has 0 bridgehead atoms. The smallest absolute Gasteiger partial charge is 0.245 e.